The molecule has 0 spiro atoms. The molecule has 1 N–H and O–H groups in total. The summed E-state index contributed by atoms with van der Waals surface area (Å²) in [5.74, 6) is 0. The topological polar surface area (TPSA) is 51.2 Å². The molecule has 1 amide bonds. The zero-order valence-corrected chi connectivity index (χ0v) is 16.1. The number of benzene rings is 2. The number of rotatable bonds is 5. The van der Waals surface area contributed by atoms with Gasteiger partial charge in [0.05, 0.1) is 5.69 Å². The summed E-state index contributed by atoms with van der Waals surface area (Å²) in [6, 6.07) is 17.7. The van der Waals surface area contributed by atoms with Crippen molar-refractivity contribution in [3.8, 4) is 0 Å². The Morgan fingerprint density at radius 2 is 1.92 bits per heavy atom. The second-order valence-corrected chi connectivity index (χ2v) is 7.52. The maximum atomic E-state index is 11.9. The average Bonchev–Trinajstić information content (AvgIpc) is 2.93. The van der Waals surface area contributed by atoms with Gasteiger partial charge in [0.15, 0.2) is 5.13 Å². The van der Waals surface area contributed by atoms with Crippen LogP contribution in [0.15, 0.2) is 59.1 Å². The lowest BCUT2D eigenvalue weighted by Gasteiger charge is -2.04. The number of carbonyl (C=O) groups is 1. The third-order valence-corrected chi connectivity index (χ3v) is 5.13. The van der Waals surface area contributed by atoms with Crippen LogP contribution in [0.2, 0.25) is 0 Å². The molecule has 3 rings (SSSR count). The molecule has 1 aromatic heterocycles. The van der Waals surface area contributed by atoms with Gasteiger partial charge in [-0.2, -0.15) is 0 Å². The van der Waals surface area contributed by atoms with Crippen molar-refractivity contribution in [3.63, 3.8) is 0 Å². The van der Waals surface area contributed by atoms with E-state index in [4.69, 9.17) is 4.74 Å². The molecule has 0 atom stereocenters. The number of nitrogens with zero attached hydrogens (tertiary/aromatic N) is 1. The van der Waals surface area contributed by atoms with Gasteiger partial charge in [0.25, 0.3) is 0 Å². The molecule has 2 aromatic carbocycles. The minimum Gasteiger partial charge on any atom is -0.444 e. The summed E-state index contributed by atoms with van der Waals surface area (Å²) >= 11 is 4.95. The van der Waals surface area contributed by atoms with E-state index in [2.05, 4.69) is 38.4 Å². The van der Waals surface area contributed by atoms with Crippen LogP contribution >= 0.6 is 27.3 Å². The summed E-state index contributed by atoms with van der Waals surface area (Å²) in [5, 5.41) is 3.26. The number of hydrogen-bond donors (Lipinski definition) is 1. The summed E-state index contributed by atoms with van der Waals surface area (Å²) in [5.41, 5.74) is 3.06. The molecule has 0 aliphatic heterocycles. The van der Waals surface area contributed by atoms with Crippen LogP contribution in [-0.2, 0) is 17.8 Å². The Kier molecular flexibility index (Phi) is 5.83. The van der Waals surface area contributed by atoms with E-state index in [1.807, 2.05) is 49.4 Å². The highest BCUT2D eigenvalue weighted by atomic mass is 79.9. The van der Waals surface area contributed by atoms with E-state index in [0.717, 1.165) is 27.0 Å². The highest BCUT2D eigenvalue weighted by molar-refractivity contribution is 9.10. The van der Waals surface area contributed by atoms with Crippen LogP contribution in [-0.4, -0.2) is 11.1 Å². The quantitative estimate of drug-likeness (QED) is 0.592. The van der Waals surface area contributed by atoms with E-state index in [1.165, 1.54) is 16.9 Å². The standard InChI is InChI=1S/C19H17BrN2O2S/c1-13-17(11-15-8-5-9-16(20)10-15)25-18(21-13)22-19(23)24-12-14-6-3-2-4-7-14/h2-10H,11-12H2,1H3,(H,21,22,23). The van der Waals surface area contributed by atoms with Crippen LogP contribution in [0.3, 0.4) is 0 Å². The first-order valence-electron chi connectivity index (χ1n) is 7.78. The Labute approximate surface area is 159 Å². The SMILES string of the molecule is Cc1nc(NC(=O)OCc2ccccc2)sc1Cc1cccc(Br)c1. The number of halogens is 1. The maximum absolute atomic E-state index is 11.9. The largest absolute Gasteiger partial charge is 0.444 e. The first kappa shape index (κ1) is 17.6. The van der Waals surface area contributed by atoms with Crippen LogP contribution in [0, 0.1) is 6.92 Å². The Morgan fingerprint density at radius 1 is 1.16 bits per heavy atom. The number of thiazole rings is 1. The van der Waals surface area contributed by atoms with E-state index < -0.39 is 6.09 Å². The molecule has 0 bridgehead atoms. The van der Waals surface area contributed by atoms with Crippen molar-refractivity contribution in [2.75, 3.05) is 5.32 Å². The van der Waals surface area contributed by atoms with Gasteiger partial charge in [-0.25, -0.2) is 9.78 Å². The maximum Gasteiger partial charge on any atom is 0.413 e. The van der Waals surface area contributed by atoms with E-state index >= 15 is 0 Å². The summed E-state index contributed by atoms with van der Waals surface area (Å²) < 4.78 is 6.28. The van der Waals surface area contributed by atoms with Gasteiger partial charge in [0.1, 0.15) is 6.61 Å². The van der Waals surface area contributed by atoms with Crippen molar-refractivity contribution in [2.24, 2.45) is 0 Å². The van der Waals surface area contributed by atoms with Crippen LogP contribution in [0.4, 0.5) is 9.93 Å². The number of aromatic nitrogens is 1. The van der Waals surface area contributed by atoms with E-state index in [0.29, 0.717) is 5.13 Å². The Hall–Kier alpha value is -2.18. The first-order valence-corrected chi connectivity index (χ1v) is 9.39. The van der Waals surface area contributed by atoms with Gasteiger partial charge in [-0.05, 0) is 30.2 Å². The molecule has 1 heterocycles. The summed E-state index contributed by atoms with van der Waals surface area (Å²) in [7, 11) is 0. The van der Waals surface area contributed by atoms with Crippen molar-refractivity contribution in [1.82, 2.24) is 4.98 Å². The van der Waals surface area contributed by atoms with Crippen molar-refractivity contribution >= 4 is 38.5 Å². The van der Waals surface area contributed by atoms with Crippen molar-refractivity contribution in [2.45, 2.75) is 20.0 Å². The average molecular weight is 417 g/mol. The molecule has 25 heavy (non-hydrogen) atoms. The van der Waals surface area contributed by atoms with E-state index in [1.54, 1.807) is 0 Å². The molecule has 6 heteroatoms. The molecule has 3 aromatic rings. The van der Waals surface area contributed by atoms with Gasteiger partial charge in [-0.3, -0.25) is 5.32 Å². The Morgan fingerprint density at radius 3 is 2.68 bits per heavy atom. The number of carbonyl (C=O) groups excluding carboxylic acids is 1. The number of hydrogen-bond acceptors (Lipinski definition) is 4. The van der Waals surface area contributed by atoms with Crippen molar-refractivity contribution < 1.29 is 9.53 Å². The van der Waals surface area contributed by atoms with Crippen molar-refractivity contribution in [3.05, 3.63) is 80.8 Å². The van der Waals surface area contributed by atoms with Gasteiger partial charge < -0.3 is 4.74 Å². The molecule has 4 nitrogen and oxygen atoms in total. The lowest BCUT2D eigenvalue weighted by atomic mass is 10.1. The van der Waals surface area contributed by atoms with E-state index in [-0.39, 0.29) is 6.61 Å². The highest BCUT2D eigenvalue weighted by Crippen LogP contribution is 2.26. The highest BCUT2D eigenvalue weighted by Gasteiger charge is 2.12. The number of nitrogens with one attached hydrogen (secondary N) is 1. The first-order chi connectivity index (χ1) is 12.1. The third kappa shape index (κ3) is 5.14. The molecule has 128 valence electrons. The number of ether oxygens (including phenoxy) is 1. The lowest BCUT2D eigenvalue weighted by molar-refractivity contribution is 0.155. The number of amides is 1. The predicted octanol–water partition coefficient (Wildman–Crippen LogP) is 5.55. The van der Waals surface area contributed by atoms with E-state index in [9.17, 15) is 4.79 Å². The molecule has 0 aliphatic rings. The second kappa shape index (κ2) is 8.27. The zero-order chi connectivity index (χ0) is 17.6. The van der Waals surface area contributed by atoms with Gasteiger partial charge in [-0.15, -0.1) is 11.3 Å². The smallest absolute Gasteiger partial charge is 0.413 e. The number of aryl methyl sites for hydroxylation is 1. The molecule has 0 unspecified atom stereocenters. The fourth-order valence-corrected chi connectivity index (χ4v) is 3.75. The Bertz CT molecular complexity index is 865. The zero-order valence-electron chi connectivity index (χ0n) is 13.7. The predicted molar refractivity (Wildman–Crippen MR) is 104 cm³/mol. The molecule has 0 aliphatic carbocycles. The van der Waals surface area contributed by atoms with Crippen LogP contribution in [0.5, 0.6) is 0 Å². The van der Waals surface area contributed by atoms with Crippen LogP contribution < -0.4 is 5.32 Å². The van der Waals surface area contributed by atoms with Gasteiger partial charge in [0, 0.05) is 15.8 Å². The third-order valence-electron chi connectivity index (χ3n) is 3.57. The molecular formula is C19H17BrN2O2S. The summed E-state index contributed by atoms with van der Waals surface area (Å²) in [6.45, 7) is 2.19. The fourth-order valence-electron chi connectivity index (χ4n) is 2.32. The Balaban J connectivity index is 1.59. The second-order valence-electron chi connectivity index (χ2n) is 5.52. The van der Waals surface area contributed by atoms with Gasteiger partial charge >= 0.3 is 6.09 Å². The summed E-state index contributed by atoms with van der Waals surface area (Å²) in [6.07, 6.45) is 0.288. The van der Waals surface area contributed by atoms with Crippen molar-refractivity contribution in [1.29, 1.82) is 0 Å². The summed E-state index contributed by atoms with van der Waals surface area (Å²) in [4.78, 5) is 17.5. The normalized spacial score (nSPS) is 10.5. The monoisotopic (exact) mass is 416 g/mol. The molecule has 0 saturated heterocycles. The van der Waals surface area contributed by atoms with Gasteiger partial charge in [0.2, 0.25) is 0 Å². The van der Waals surface area contributed by atoms with Gasteiger partial charge in [-0.1, -0.05) is 58.4 Å². The molecule has 0 radical (unpaired) electrons. The minimum absolute atomic E-state index is 0.238. The number of anilines is 1. The molecule has 0 saturated carbocycles. The molecular weight excluding hydrogens is 400 g/mol. The van der Waals surface area contributed by atoms with Crippen LogP contribution in [0.1, 0.15) is 21.7 Å². The molecule has 0 fully saturated rings. The lowest BCUT2D eigenvalue weighted by Crippen LogP contribution is -2.13. The minimum atomic E-state index is -0.494. The fraction of sp³-hybridized carbons (Fsp3) is 0.158. The van der Waals surface area contributed by atoms with Crippen LogP contribution in [0.25, 0.3) is 0 Å².